The van der Waals surface area contributed by atoms with Crippen molar-refractivity contribution in [1.29, 1.82) is 0 Å². The molecule has 1 saturated heterocycles. The molecule has 0 aromatic heterocycles. The summed E-state index contributed by atoms with van der Waals surface area (Å²) in [7, 11) is 0. The van der Waals surface area contributed by atoms with Gasteiger partial charge in [0.05, 0.1) is 23.3 Å². The number of halogens is 1. The van der Waals surface area contributed by atoms with Crippen LogP contribution in [-0.2, 0) is 16.1 Å². The van der Waals surface area contributed by atoms with Crippen LogP contribution in [0.25, 0.3) is 0 Å². The second-order valence-corrected chi connectivity index (χ2v) is 8.36. The van der Waals surface area contributed by atoms with Crippen molar-refractivity contribution in [3.8, 4) is 0 Å². The maximum absolute atomic E-state index is 13.4. The number of allylic oxidation sites excluding steroid dienone is 2. The van der Waals surface area contributed by atoms with Gasteiger partial charge in [0, 0.05) is 22.7 Å². The molecule has 3 amide bonds. The van der Waals surface area contributed by atoms with Crippen molar-refractivity contribution in [2.45, 2.75) is 26.3 Å². The second kappa shape index (κ2) is 8.55. The summed E-state index contributed by atoms with van der Waals surface area (Å²) < 4.78 is 0. The molecule has 164 valence electrons. The Kier molecular flexibility index (Phi) is 5.80. The molecule has 1 aliphatic carbocycles. The van der Waals surface area contributed by atoms with E-state index in [9.17, 15) is 24.5 Å². The summed E-state index contributed by atoms with van der Waals surface area (Å²) in [6.07, 6.45) is 2.87. The third-order valence-electron chi connectivity index (χ3n) is 5.88. The number of hydrazine groups is 1. The number of nitrogens with zero attached hydrogens (tertiary/aromatic N) is 3. The number of carbonyl (C=O) groups is 3. The lowest BCUT2D eigenvalue weighted by atomic mass is 9.82. The maximum atomic E-state index is 13.4. The Hall–Kier alpha value is -3.52. The van der Waals surface area contributed by atoms with E-state index < -0.39 is 34.5 Å². The molecule has 1 aliphatic heterocycles. The predicted octanol–water partition coefficient (Wildman–Crippen LogP) is 4.15. The van der Waals surface area contributed by atoms with Gasteiger partial charge in [-0.1, -0.05) is 41.4 Å². The summed E-state index contributed by atoms with van der Waals surface area (Å²) in [6.45, 7) is 1.82. The largest absolute Gasteiger partial charge is 0.273 e. The van der Waals surface area contributed by atoms with Gasteiger partial charge in [0.1, 0.15) is 0 Å². The molecule has 0 spiro atoms. The summed E-state index contributed by atoms with van der Waals surface area (Å²) in [5.41, 5.74) is 1.55. The zero-order valence-corrected chi connectivity index (χ0v) is 18.0. The second-order valence-electron chi connectivity index (χ2n) is 7.95. The molecule has 0 bridgehead atoms. The average molecular weight is 454 g/mol. The van der Waals surface area contributed by atoms with Crippen LogP contribution >= 0.6 is 11.6 Å². The molecular weight excluding hydrogens is 434 g/mol. The lowest BCUT2D eigenvalue weighted by Crippen LogP contribution is -2.49. The SMILES string of the molecule is CC1=CC[C@@H]2C(=O)N(N(Cc3ccccc3Cl)C(=O)c3ccc([N+](=O)[O-])cc3)C(=O)[C@@H]2C1. The fourth-order valence-corrected chi connectivity index (χ4v) is 4.35. The molecule has 32 heavy (non-hydrogen) atoms. The van der Waals surface area contributed by atoms with E-state index in [1.807, 2.05) is 13.0 Å². The average Bonchev–Trinajstić information content (AvgIpc) is 3.02. The summed E-state index contributed by atoms with van der Waals surface area (Å²) in [5.74, 6) is -2.49. The molecule has 0 unspecified atom stereocenters. The van der Waals surface area contributed by atoms with Crippen molar-refractivity contribution >= 4 is 35.0 Å². The van der Waals surface area contributed by atoms with E-state index >= 15 is 0 Å². The van der Waals surface area contributed by atoms with E-state index in [-0.39, 0.29) is 17.8 Å². The molecule has 8 nitrogen and oxygen atoms in total. The number of carbonyl (C=O) groups excluding carboxylic acids is 3. The zero-order chi connectivity index (χ0) is 23.0. The van der Waals surface area contributed by atoms with Crippen LogP contribution in [-0.4, -0.2) is 32.7 Å². The van der Waals surface area contributed by atoms with Crippen LogP contribution in [0.2, 0.25) is 5.02 Å². The van der Waals surface area contributed by atoms with Gasteiger partial charge in [-0.25, -0.2) is 5.01 Å². The van der Waals surface area contributed by atoms with E-state index in [2.05, 4.69) is 0 Å². The fraction of sp³-hybridized carbons (Fsp3) is 0.261. The summed E-state index contributed by atoms with van der Waals surface area (Å²) in [5, 5.41) is 13.4. The molecule has 9 heteroatoms. The van der Waals surface area contributed by atoms with E-state index in [4.69, 9.17) is 11.6 Å². The fourth-order valence-electron chi connectivity index (χ4n) is 4.15. The lowest BCUT2D eigenvalue weighted by molar-refractivity contribution is -0.384. The van der Waals surface area contributed by atoms with Gasteiger partial charge < -0.3 is 0 Å². The molecule has 2 aromatic carbocycles. The van der Waals surface area contributed by atoms with Gasteiger partial charge in [-0.2, -0.15) is 5.01 Å². The van der Waals surface area contributed by atoms with E-state index in [1.165, 1.54) is 24.3 Å². The monoisotopic (exact) mass is 453 g/mol. The van der Waals surface area contributed by atoms with Crippen LogP contribution in [0.1, 0.15) is 35.7 Å². The molecule has 0 N–H and O–H groups in total. The molecule has 2 aromatic rings. The lowest BCUT2D eigenvalue weighted by Gasteiger charge is -2.31. The smallest absolute Gasteiger partial charge is 0.272 e. The Labute approximate surface area is 189 Å². The highest BCUT2D eigenvalue weighted by molar-refractivity contribution is 6.31. The topological polar surface area (TPSA) is 101 Å². The van der Waals surface area contributed by atoms with Crippen LogP contribution in [0, 0.1) is 22.0 Å². The van der Waals surface area contributed by atoms with Crippen molar-refractivity contribution in [2.75, 3.05) is 0 Å². The van der Waals surface area contributed by atoms with Crippen LogP contribution in [0.3, 0.4) is 0 Å². The molecule has 2 aliphatic rings. The van der Waals surface area contributed by atoms with Gasteiger partial charge in [-0.15, -0.1) is 0 Å². The van der Waals surface area contributed by atoms with Crippen LogP contribution in [0.4, 0.5) is 5.69 Å². The summed E-state index contributed by atoms with van der Waals surface area (Å²) >= 11 is 6.29. The van der Waals surface area contributed by atoms with Crippen LogP contribution in [0.5, 0.6) is 0 Å². The van der Waals surface area contributed by atoms with Crippen molar-refractivity contribution in [3.05, 3.63) is 86.4 Å². The molecule has 1 fully saturated rings. The number of amides is 3. The van der Waals surface area contributed by atoms with Gasteiger partial charge in [0.25, 0.3) is 23.4 Å². The van der Waals surface area contributed by atoms with Crippen LogP contribution in [0.15, 0.2) is 60.2 Å². The molecule has 0 saturated carbocycles. The van der Waals surface area contributed by atoms with E-state index in [1.54, 1.807) is 24.3 Å². The van der Waals surface area contributed by atoms with Gasteiger partial charge in [-0.05, 0) is 43.5 Å². The summed E-state index contributed by atoms with van der Waals surface area (Å²) in [6, 6.07) is 11.9. The minimum atomic E-state index is -0.621. The number of rotatable bonds is 5. The maximum Gasteiger partial charge on any atom is 0.273 e. The first-order chi connectivity index (χ1) is 15.3. The Bertz CT molecular complexity index is 1140. The number of hydrogen-bond acceptors (Lipinski definition) is 5. The van der Waals surface area contributed by atoms with Gasteiger partial charge in [-0.3, -0.25) is 24.5 Å². The highest BCUT2D eigenvalue weighted by atomic mass is 35.5. The highest BCUT2D eigenvalue weighted by Gasteiger charge is 2.51. The minimum Gasteiger partial charge on any atom is -0.272 e. The third kappa shape index (κ3) is 3.89. The van der Waals surface area contributed by atoms with Gasteiger partial charge >= 0.3 is 0 Å². The van der Waals surface area contributed by atoms with E-state index in [0.29, 0.717) is 23.4 Å². The number of imide groups is 1. The molecule has 2 atom stereocenters. The quantitative estimate of drug-likeness (QED) is 0.293. The number of benzene rings is 2. The molecular formula is C23H20ClN3O5. The van der Waals surface area contributed by atoms with Crippen molar-refractivity contribution in [1.82, 2.24) is 10.0 Å². The molecule has 1 heterocycles. The molecule has 0 radical (unpaired) electrons. The van der Waals surface area contributed by atoms with Crippen molar-refractivity contribution in [2.24, 2.45) is 11.8 Å². The number of fused-ring (bicyclic) bond motifs is 1. The number of nitro groups is 1. The Morgan fingerprint density at radius 3 is 2.44 bits per heavy atom. The normalized spacial score (nSPS) is 20.1. The van der Waals surface area contributed by atoms with Crippen molar-refractivity contribution < 1.29 is 19.3 Å². The highest BCUT2D eigenvalue weighted by Crippen LogP contribution is 2.39. The van der Waals surface area contributed by atoms with Gasteiger partial charge in [0.2, 0.25) is 0 Å². The predicted molar refractivity (Wildman–Crippen MR) is 116 cm³/mol. The standard InChI is InChI=1S/C23H20ClN3O5/c1-14-6-11-18-19(12-14)23(30)26(22(18)29)25(13-16-4-2-3-5-20(16)24)21(28)15-7-9-17(10-8-15)27(31)32/h2-10,18-19H,11-13H2,1H3/t18-,19+/m0/s1. The first kappa shape index (κ1) is 21.7. The number of hydrogen-bond donors (Lipinski definition) is 0. The van der Waals surface area contributed by atoms with E-state index in [0.717, 1.165) is 15.6 Å². The Morgan fingerprint density at radius 2 is 1.78 bits per heavy atom. The number of non-ortho nitro benzene ring substituents is 1. The van der Waals surface area contributed by atoms with Gasteiger partial charge in [0.15, 0.2) is 0 Å². The minimum absolute atomic E-state index is 0.0984. The van der Waals surface area contributed by atoms with Crippen molar-refractivity contribution in [3.63, 3.8) is 0 Å². The number of nitro benzene ring substituents is 1. The molecule has 4 rings (SSSR count). The zero-order valence-electron chi connectivity index (χ0n) is 17.2. The third-order valence-corrected chi connectivity index (χ3v) is 6.25. The Balaban J connectivity index is 1.72. The first-order valence-electron chi connectivity index (χ1n) is 10.1. The summed E-state index contributed by atoms with van der Waals surface area (Å²) in [4.78, 5) is 50.3. The Morgan fingerprint density at radius 1 is 1.12 bits per heavy atom. The van der Waals surface area contributed by atoms with Crippen LogP contribution < -0.4 is 0 Å². The first-order valence-corrected chi connectivity index (χ1v) is 10.5.